The number of para-hydroxylation sites is 1. The molecular formula is C27H19Cl3N2O4. The van der Waals surface area contributed by atoms with Crippen molar-refractivity contribution in [2.45, 2.75) is 6.04 Å². The van der Waals surface area contributed by atoms with Crippen LogP contribution < -0.4 is 9.64 Å². The van der Waals surface area contributed by atoms with Gasteiger partial charge < -0.3 is 14.4 Å². The van der Waals surface area contributed by atoms with Gasteiger partial charge in [0.2, 0.25) is 0 Å². The molecule has 1 N–H and O–H groups in total. The Kier molecular flexibility index (Phi) is 6.20. The second kappa shape index (κ2) is 9.21. The first-order chi connectivity index (χ1) is 17.2. The van der Waals surface area contributed by atoms with Crippen molar-refractivity contribution in [2.75, 3.05) is 12.0 Å². The number of halogens is 3. The van der Waals surface area contributed by atoms with Crippen molar-refractivity contribution >= 4 is 68.8 Å². The van der Waals surface area contributed by atoms with E-state index in [-0.39, 0.29) is 26.9 Å². The summed E-state index contributed by atoms with van der Waals surface area (Å²) < 4.78 is 7.10. The Hall–Kier alpha value is -3.45. The van der Waals surface area contributed by atoms with E-state index >= 15 is 0 Å². The average molecular weight is 542 g/mol. The Morgan fingerprint density at radius 1 is 0.972 bits per heavy atom. The lowest BCUT2D eigenvalue weighted by Crippen LogP contribution is -2.29. The largest absolute Gasteiger partial charge is 0.507 e. The molecule has 9 heteroatoms. The Balaban J connectivity index is 1.81. The molecule has 0 aliphatic carbocycles. The normalized spacial score (nSPS) is 17.2. The quantitative estimate of drug-likeness (QED) is 0.176. The number of benzene rings is 3. The number of carbonyl (C=O) groups is 2. The molecule has 4 aromatic rings. The lowest BCUT2D eigenvalue weighted by Gasteiger charge is -2.25. The van der Waals surface area contributed by atoms with Crippen LogP contribution in [0.3, 0.4) is 0 Å². The number of aryl methyl sites for hydroxylation is 1. The number of hydrogen-bond acceptors (Lipinski definition) is 4. The zero-order valence-electron chi connectivity index (χ0n) is 19.1. The number of hydrogen-bond donors (Lipinski definition) is 1. The highest BCUT2D eigenvalue weighted by Gasteiger charge is 2.48. The van der Waals surface area contributed by atoms with Crippen LogP contribution in [-0.4, -0.2) is 28.5 Å². The molecule has 1 unspecified atom stereocenters. The number of ketones is 1. The summed E-state index contributed by atoms with van der Waals surface area (Å²) in [6.07, 6.45) is 1.85. The Morgan fingerprint density at radius 2 is 1.67 bits per heavy atom. The van der Waals surface area contributed by atoms with Gasteiger partial charge in [-0.25, -0.2) is 0 Å². The number of aliphatic hydroxyl groups is 1. The zero-order chi connectivity index (χ0) is 25.7. The highest BCUT2D eigenvalue weighted by Crippen LogP contribution is 2.46. The number of methoxy groups -OCH3 is 1. The second-order valence-corrected chi connectivity index (χ2v) is 9.59. The van der Waals surface area contributed by atoms with Gasteiger partial charge in [0.05, 0.1) is 28.8 Å². The molecule has 1 aliphatic heterocycles. The fraction of sp³-hybridized carbons (Fsp3) is 0.111. The van der Waals surface area contributed by atoms with Gasteiger partial charge in [0, 0.05) is 46.0 Å². The van der Waals surface area contributed by atoms with Crippen molar-refractivity contribution in [2.24, 2.45) is 7.05 Å². The van der Waals surface area contributed by atoms with E-state index in [1.165, 1.54) is 24.1 Å². The van der Waals surface area contributed by atoms with Gasteiger partial charge in [-0.05, 0) is 36.4 Å². The third-order valence-corrected chi connectivity index (χ3v) is 7.03. The molecule has 1 aromatic heterocycles. The van der Waals surface area contributed by atoms with E-state index in [1.54, 1.807) is 24.3 Å². The molecule has 0 spiro atoms. The number of amides is 1. The highest BCUT2D eigenvalue weighted by atomic mass is 35.5. The second-order valence-electron chi connectivity index (χ2n) is 8.33. The molecule has 1 atom stereocenters. The predicted molar refractivity (Wildman–Crippen MR) is 142 cm³/mol. The molecule has 0 bridgehead atoms. The van der Waals surface area contributed by atoms with Crippen molar-refractivity contribution in [1.82, 2.24) is 4.57 Å². The first-order valence-electron chi connectivity index (χ1n) is 10.9. The number of Topliss-reactive ketones (excluding diaryl/α,β-unsaturated/α-hetero) is 1. The summed E-state index contributed by atoms with van der Waals surface area (Å²) in [5, 5.41) is 13.0. The number of rotatable bonds is 4. The molecule has 2 heterocycles. The molecule has 0 radical (unpaired) electrons. The molecule has 6 nitrogen and oxygen atoms in total. The third-order valence-electron chi connectivity index (χ3n) is 6.23. The molecule has 1 aliphatic rings. The minimum Gasteiger partial charge on any atom is -0.507 e. The number of carbonyl (C=O) groups excluding carboxylic acids is 2. The van der Waals surface area contributed by atoms with Gasteiger partial charge in [0.25, 0.3) is 11.7 Å². The van der Waals surface area contributed by atoms with Gasteiger partial charge in [-0.3, -0.25) is 14.5 Å². The number of fused-ring (bicyclic) bond motifs is 1. The summed E-state index contributed by atoms with van der Waals surface area (Å²) in [7, 11) is 3.30. The van der Waals surface area contributed by atoms with Crippen molar-refractivity contribution in [3.63, 3.8) is 0 Å². The first-order valence-corrected chi connectivity index (χ1v) is 12.0. The van der Waals surface area contributed by atoms with E-state index in [9.17, 15) is 14.7 Å². The van der Waals surface area contributed by atoms with E-state index in [2.05, 4.69) is 0 Å². The molecule has 3 aromatic carbocycles. The maximum atomic E-state index is 13.5. The van der Waals surface area contributed by atoms with Crippen molar-refractivity contribution in [3.05, 3.63) is 98.6 Å². The van der Waals surface area contributed by atoms with Gasteiger partial charge in [-0.15, -0.1) is 0 Å². The number of aromatic nitrogens is 1. The van der Waals surface area contributed by atoms with Gasteiger partial charge in [-0.2, -0.15) is 0 Å². The lowest BCUT2D eigenvalue weighted by atomic mass is 9.94. The van der Waals surface area contributed by atoms with Crippen LogP contribution in [0.25, 0.3) is 16.7 Å². The molecule has 0 saturated carbocycles. The minimum atomic E-state index is -0.936. The van der Waals surface area contributed by atoms with E-state index < -0.39 is 23.5 Å². The molecule has 36 heavy (non-hydrogen) atoms. The van der Waals surface area contributed by atoms with Gasteiger partial charge in [0.1, 0.15) is 5.76 Å². The number of aliphatic hydroxyl groups excluding tert-OH is 1. The average Bonchev–Trinajstić information content (AvgIpc) is 3.32. The maximum Gasteiger partial charge on any atom is 0.300 e. The topological polar surface area (TPSA) is 71.8 Å². The van der Waals surface area contributed by atoms with Crippen molar-refractivity contribution in [3.8, 4) is 5.75 Å². The molecule has 182 valence electrons. The molecule has 5 rings (SSSR count). The van der Waals surface area contributed by atoms with Gasteiger partial charge in [0.15, 0.2) is 5.75 Å². The van der Waals surface area contributed by atoms with E-state index in [0.29, 0.717) is 16.3 Å². The zero-order valence-corrected chi connectivity index (χ0v) is 21.4. The van der Waals surface area contributed by atoms with Crippen LogP contribution in [0.2, 0.25) is 15.1 Å². The number of ether oxygens (including phenoxy) is 1. The van der Waals surface area contributed by atoms with Crippen LogP contribution in [0, 0.1) is 0 Å². The number of anilines is 1. The fourth-order valence-electron chi connectivity index (χ4n) is 4.66. The van der Waals surface area contributed by atoms with E-state index in [0.717, 1.165) is 10.9 Å². The van der Waals surface area contributed by atoms with Crippen LogP contribution in [0.4, 0.5) is 5.69 Å². The smallest absolute Gasteiger partial charge is 0.300 e. The van der Waals surface area contributed by atoms with E-state index in [1.807, 2.05) is 42.1 Å². The van der Waals surface area contributed by atoms with Crippen LogP contribution >= 0.6 is 34.8 Å². The minimum absolute atomic E-state index is 0.0892. The summed E-state index contributed by atoms with van der Waals surface area (Å²) in [5.41, 5.74) is 2.08. The molecule has 1 fully saturated rings. The van der Waals surface area contributed by atoms with Crippen LogP contribution in [0.5, 0.6) is 5.75 Å². The van der Waals surface area contributed by atoms with Crippen LogP contribution in [-0.2, 0) is 16.6 Å². The monoisotopic (exact) mass is 540 g/mol. The standard InChI is InChI=1S/C27H19Cl3N2O4/c1-31-13-18(17-8-3-4-9-21(17)31)23-22(24(33)14-10-19(29)26(36-2)20(30)11-14)25(34)27(35)32(23)16-7-5-6-15(28)12-16/h3-13,23,33H,1-2H3/b24-22+. The van der Waals surface area contributed by atoms with Crippen molar-refractivity contribution in [1.29, 1.82) is 0 Å². The Bertz CT molecular complexity index is 1570. The first kappa shape index (κ1) is 24.3. The predicted octanol–water partition coefficient (Wildman–Crippen LogP) is 6.77. The molecular weight excluding hydrogens is 523 g/mol. The SMILES string of the molecule is COc1c(Cl)cc(/C(O)=C2\C(=O)C(=O)N(c3cccc(Cl)c3)C2c2cn(C)c3ccccc23)cc1Cl. The summed E-state index contributed by atoms with van der Waals surface area (Å²) in [6.45, 7) is 0. The highest BCUT2D eigenvalue weighted by molar-refractivity contribution is 6.52. The van der Waals surface area contributed by atoms with Gasteiger partial charge in [-0.1, -0.05) is 59.1 Å². The maximum absolute atomic E-state index is 13.5. The summed E-state index contributed by atoms with van der Waals surface area (Å²) >= 11 is 18.8. The summed E-state index contributed by atoms with van der Waals surface area (Å²) in [6, 6.07) is 16.2. The fourth-order valence-corrected chi connectivity index (χ4v) is 5.48. The van der Waals surface area contributed by atoms with Crippen molar-refractivity contribution < 1.29 is 19.4 Å². The summed E-state index contributed by atoms with van der Waals surface area (Å²) in [4.78, 5) is 28.3. The summed E-state index contributed by atoms with van der Waals surface area (Å²) in [5.74, 6) is -1.79. The van der Waals surface area contributed by atoms with Crippen LogP contribution in [0.15, 0.2) is 72.4 Å². The van der Waals surface area contributed by atoms with E-state index in [4.69, 9.17) is 39.5 Å². The molecule has 1 saturated heterocycles. The Labute approximate surface area is 221 Å². The van der Waals surface area contributed by atoms with Gasteiger partial charge >= 0.3 is 0 Å². The lowest BCUT2D eigenvalue weighted by molar-refractivity contribution is -0.132. The third kappa shape index (κ3) is 3.82. The molecule has 1 amide bonds. The Morgan fingerprint density at radius 3 is 2.33 bits per heavy atom. The number of nitrogens with zero attached hydrogens (tertiary/aromatic N) is 2. The van der Waals surface area contributed by atoms with Crippen LogP contribution in [0.1, 0.15) is 17.2 Å².